The first-order valence-corrected chi connectivity index (χ1v) is 11.9. The lowest BCUT2D eigenvalue weighted by Gasteiger charge is -2.46. The van der Waals surface area contributed by atoms with E-state index < -0.39 is 28.1 Å². The Kier molecular flexibility index (Phi) is 7.41. The largest absolute Gasteiger partial charge is 0.480 e. The number of carboxylic acids is 1. The molecule has 1 N–H and O–H groups in total. The van der Waals surface area contributed by atoms with Gasteiger partial charge in [0, 0.05) is 40.7 Å². The average Bonchev–Trinajstić information content (AvgIpc) is 2.73. The van der Waals surface area contributed by atoms with Crippen LogP contribution in [0.15, 0.2) is 53.4 Å². The molecule has 1 aliphatic heterocycles. The minimum atomic E-state index is -3.68. The highest BCUT2D eigenvalue weighted by atomic mass is 32.2. The Morgan fingerprint density at radius 1 is 1.09 bits per heavy atom. The molecule has 1 unspecified atom stereocenters. The molecule has 9 nitrogen and oxygen atoms in total. The Morgan fingerprint density at radius 2 is 1.70 bits per heavy atom. The molecule has 1 aliphatic rings. The van der Waals surface area contributed by atoms with E-state index in [-0.39, 0.29) is 30.4 Å². The van der Waals surface area contributed by atoms with Crippen LogP contribution in [0.3, 0.4) is 0 Å². The van der Waals surface area contributed by atoms with E-state index in [1.807, 2.05) is 6.92 Å². The zero-order valence-electron chi connectivity index (χ0n) is 19.1. The Morgan fingerprint density at radius 3 is 2.27 bits per heavy atom. The average molecular weight is 476 g/mol. The van der Waals surface area contributed by atoms with Gasteiger partial charge in [0.15, 0.2) is 0 Å². The van der Waals surface area contributed by atoms with E-state index in [0.29, 0.717) is 11.3 Å². The zero-order chi connectivity index (χ0) is 24.3. The molecule has 1 saturated heterocycles. The Balaban J connectivity index is 1.70. The van der Waals surface area contributed by atoms with Crippen LogP contribution in [0.5, 0.6) is 5.75 Å². The summed E-state index contributed by atoms with van der Waals surface area (Å²) >= 11 is 0. The number of aliphatic carboxylic acids is 1. The monoisotopic (exact) mass is 475 g/mol. The fraction of sp³-hybridized carbons (Fsp3) is 0.391. The van der Waals surface area contributed by atoms with Crippen molar-refractivity contribution in [1.82, 2.24) is 14.1 Å². The third-order valence-corrected chi connectivity index (χ3v) is 7.70. The van der Waals surface area contributed by atoms with E-state index in [1.165, 1.54) is 16.3 Å². The topological polar surface area (TPSA) is 107 Å². The standard InChI is InChI=1S/C23H29N3O6S/c1-16-9-11-19(12-10-16)33(30,31)25(4)18-14-26(15-18)20(22(27)28)13-17-7-5-6-8-21(17)32-23(29)24(2)3/h5-12,18,20H,13-15H2,1-4H3,(H,27,28). The predicted octanol–water partition coefficient (Wildman–Crippen LogP) is 2.06. The molecule has 0 aliphatic carbocycles. The van der Waals surface area contributed by atoms with Gasteiger partial charge in [0.05, 0.1) is 10.9 Å². The van der Waals surface area contributed by atoms with Crippen molar-refractivity contribution < 1.29 is 27.9 Å². The lowest BCUT2D eigenvalue weighted by Crippen LogP contribution is -2.64. The van der Waals surface area contributed by atoms with E-state index >= 15 is 0 Å². The number of nitrogens with zero attached hydrogens (tertiary/aromatic N) is 3. The number of para-hydroxylation sites is 1. The molecule has 2 aromatic carbocycles. The highest BCUT2D eigenvalue weighted by molar-refractivity contribution is 7.89. The Labute approximate surface area is 194 Å². The molecule has 1 heterocycles. The lowest BCUT2D eigenvalue weighted by atomic mass is 9.98. The number of hydrogen-bond donors (Lipinski definition) is 1. The van der Waals surface area contributed by atoms with Gasteiger partial charge in [-0.1, -0.05) is 35.9 Å². The van der Waals surface area contributed by atoms with E-state index in [9.17, 15) is 23.1 Å². The minimum absolute atomic E-state index is 0.118. The molecule has 1 atom stereocenters. The van der Waals surface area contributed by atoms with Crippen LogP contribution in [-0.2, 0) is 21.2 Å². The number of amides is 1. The normalized spacial score (nSPS) is 15.7. The van der Waals surface area contributed by atoms with Crippen molar-refractivity contribution in [2.45, 2.75) is 30.3 Å². The molecule has 1 fully saturated rings. The van der Waals surface area contributed by atoms with Gasteiger partial charge in [-0.2, -0.15) is 4.31 Å². The smallest absolute Gasteiger partial charge is 0.414 e. The fourth-order valence-electron chi connectivity index (χ4n) is 3.58. The van der Waals surface area contributed by atoms with Crippen molar-refractivity contribution in [3.05, 3.63) is 59.7 Å². The second-order valence-corrected chi connectivity index (χ2v) is 10.4. The van der Waals surface area contributed by atoms with E-state index in [1.54, 1.807) is 67.5 Å². The number of aryl methyl sites for hydroxylation is 1. The number of carbonyl (C=O) groups is 2. The van der Waals surface area contributed by atoms with Crippen LogP contribution in [0.1, 0.15) is 11.1 Å². The minimum Gasteiger partial charge on any atom is -0.480 e. The summed E-state index contributed by atoms with van der Waals surface area (Å²) < 4.78 is 32.5. The lowest BCUT2D eigenvalue weighted by molar-refractivity contribution is -0.146. The Hall–Kier alpha value is -2.95. The maximum Gasteiger partial charge on any atom is 0.414 e. The molecule has 2 aromatic rings. The second-order valence-electron chi connectivity index (χ2n) is 8.37. The van der Waals surface area contributed by atoms with Crippen LogP contribution in [0.2, 0.25) is 0 Å². The maximum absolute atomic E-state index is 12.9. The van der Waals surface area contributed by atoms with E-state index in [0.717, 1.165) is 5.56 Å². The number of carboxylic acid groups (broad SMARTS) is 1. The second kappa shape index (κ2) is 9.90. The molecule has 0 spiro atoms. The quantitative estimate of drug-likeness (QED) is 0.623. The predicted molar refractivity (Wildman–Crippen MR) is 123 cm³/mol. The van der Waals surface area contributed by atoms with Crippen molar-refractivity contribution in [2.75, 3.05) is 34.2 Å². The number of likely N-dealkylation sites (tertiary alicyclic amines) is 1. The molecule has 3 rings (SSSR count). The first-order valence-electron chi connectivity index (χ1n) is 10.5. The molecule has 33 heavy (non-hydrogen) atoms. The zero-order valence-corrected chi connectivity index (χ0v) is 19.9. The number of benzene rings is 2. The molecule has 1 amide bonds. The fourth-order valence-corrected chi connectivity index (χ4v) is 4.92. The van der Waals surface area contributed by atoms with Gasteiger partial charge < -0.3 is 14.7 Å². The molecule has 0 radical (unpaired) electrons. The number of sulfonamides is 1. The summed E-state index contributed by atoms with van der Waals surface area (Å²) in [7, 11) is 0.965. The molecule has 0 aromatic heterocycles. The third kappa shape index (κ3) is 5.52. The summed E-state index contributed by atoms with van der Waals surface area (Å²) in [6.07, 6.45) is -0.436. The third-order valence-electron chi connectivity index (χ3n) is 5.78. The van der Waals surface area contributed by atoms with Crippen LogP contribution >= 0.6 is 0 Å². The van der Waals surface area contributed by atoms with Crippen LogP contribution < -0.4 is 4.74 Å². The summed E-state index contributed by atoms with van der Waals surface area (Å²) in [5.74, 6) is -0.718. The summed E-state index contributed by atoms with van der Waals surface area (Å²) in [5.41, 5.74) is 1.55. The molecule has 0 bridgehead atoms. The van der Waals surface area contributed by atoms with Gasteiger partial charge in [0.1, 0.15) is 11.8 Å². The van der Waals surface area contributed by atoms with Crippen LogP contribution in [0, 0.1) is 6.92 Å². The van der Waals surface area contributed by atoms with Gasteiger partial charge in [-0.05, 0) is 30.7 Å². The summed E-state index contributed by atoms with van der Waals surface area (Å²) in [6, 6.07) is 12.2. The van der Waals surface area contributed by atoms with E-state index in [4.69, 9.17) is 4.74 Å². The molecule has 178 valence electrons. The molecule has 0 saturated carbocycles. The first kappa shape index (κ1) is 24.7. The highest BCUT2D eigenvalue weighted by Gasteiger charge is 2.41. The van der Waals surface area contributed by atoms with Gasteiger partial charge in [-0.3, -0.25) is 9.69 Å². The number of carbonyl (C=O) groups excluding carboxylic acids is 1. The van der Waals surface area contributed by atoms with Crippen molar-refractivity contribution in [1.29, 1.82) is 0 Å². The number of ether oxygens (including phenoxy) is 1. The van der Waals surface area contributed by atoms with Gasteiger partial charge in [-0.25, -0.2) is 13.2 Å². The molecular weight excluding hydrogens is 446 g/mol. The first-order chi connectivity index (χ1) is 15.5. The summed E-state index contributed by atoms with van der Waals surface area (Å²) in [5, 5.41) is 9.83. The number of likely N-dealkylation sites (N-methyl/N-ethyl adjacent to an activating group) is 1. The van der Waals surface area contributed by atoms with Crippen molar-refractivity contribution in [3.8, 4) is 5.75 Å². The van der Waals surface area contributed by atoms with Crippen LogP contribution in [0.25, 0.3) is 0 Å². The maximum atomic E-state index is 12.9. The van der Waals surface area contributed by atoms with Crippen molar-refractivity contribution >= 4 is 22.1 Å². The summed E-state index contributed by atoms with van der Waals surface area (Å²) in [6.45, 7) is 2.46. The van der Waals surface area contributed by atoms with Crippen LogP contribution in [0.4, 0.5) is 4.79 Å². The van der Waals surface area contributed by atoms with Crippen molar-refractivity contribution in [3.63, 3.8) is 0 Å². The number of rotatable bonds is 8. The SMILES string of the molecule is Cc1ccc(S(=O)(=O)N(C)C2CN(C(Cc3ccccc3OC(=O)N(C)C)C(=O)O)C2)cc1. The summed E-state index contributed by atoms with van der Waals surface area (Å²) in [4.78, 5) is 27.2. The van der Waals surface area contributed by atoms with Crippen molar-refractivity contribution in [2.24, 2.45) is 0 Å². The van der Waals surface area contributed by atoms with Crippen LogP contribution in [-0.4, -0.2) is 86.0 Å². The highest BCUT2D eigenvalue weighted by Crippen LogP contribution is 2.27. The van der Waals surface area contributed by atoms with E-state index in [2.05, 4.69) is 0 Å². The Bertz CT molecular complexity index is 1110. The van der Waals surface area contributed by atoms with Gasteiger partial charge in [0.25, 0.3) is 0 Å². The molecular formula is C23H29N3O6S. The van der Waals surface area contributed by atoms with Gasteiger partial charge in [0.2, 0.25) is 10.0 Å². The van der Waals surface area contributed by atoms with Gasteiger partial charge in [-0.15, -0.1) is 0 Å². The molecule has 10 heteroatoms. The van der Waals surface area contributed by atoms with Gasteiger partial charge >= 0.3 is 12.1 Å². The number of hydrogen-bond acceptors (Lipinski definition) is 6.